The van der Waals surface area contributed by atoms with Gasteiger partial charge in [0, 0.05) is 0 Å². The highest BCUT2D eigenvalue weighted by Gasteiger charge is 2.20. The molecule has 0 aliphatic carbocycles. The molecule has 0 radical (unpaired) electrons. The Labute approximate surface area is 155 Å². The molecular weight excluding hydrogens is 352 g/mol. The predicted octanol–water partition coefficient (Wildman–Crippen LogP) is 5.07. The van der Waals surface area contributed by atoms with E-state index in [0.717, 1.165) is 33.3 Å². The lowest BCUT2D eigenvalue weighted by atomic mass is 10.0. The number of hydrogen-bond donors (Lipinski definition) is 1. The Kier molecular flexibility index (Phi) is 5.50. The number of aromatic nitrogens is 1. The smallest absolute Gasteiger partial charge is 0.263 e. The number of rotatable bonds is 6. The summed E-state index contributed by atoms with van der Waals surface area (Å²) in [5, 5.41) is 6.05. The maximum Gasteiger partial charge on any atom is 0.263 e. The molecule has 0 spiro atoms. The maximum atomic E-state index is 12.8. The molecular formula is C19H20N2O2S2. The third kappa shape index (κ3) is 3.91. The summed E-state index contributed by atoms with van der Waals surface area (Å²) in [5.41, 5.74) is 1.84. The molecule has 25 heavy (non-hydrogen) atoms. The van der Waals surface area contributed by atoms with Crippen molar-refractivity contribution in [1.82, 2.24) is 10.3 Å². The molecule has 0 aliphatic heterocycles. The second-order valence-electron chi connectivity index (χ2n) is 5.62. The van der Waals surface area contributed by atoms with Gasteiger partial charge in [-0.25, -0.2) is 4.98 Å². The van der Waals surface area contributed by atoms with Gasteiger partial charge >= 0.3 is 0 Å². The molecule has 0 bridgehead atoms. The van der Waals surface area contributed by atoms with Gasteiger partial charge in [-0.1, -0.05) is 25.1 Å². The van der Waals surface area contributed by atoms with Crippen LogP contribution < -0.4 is 10.1 Å². The van der Waals surface area contributed by atoms with Crippen LogP contribution in [0.5, 0.6) is 5.75 Å². The van der Waals surface area contributed by atoms with E-state index in [1.165, 1.54) is 11.3 Å². The molecule has 2 aromatic heterocycles. The van der Waals surface area contributed by atoms with Crippen molar-refractivity contribution in [3.63, 3.8) is 0 Å². The molecule has 1 unspecified atom stereocenters. The fraction of sp³-hybridized carbons (Fsp3) is 0.263. The monoisotopic (exact) mass is 372 g/mol. The summed E-state index contributed by atoms with van der Waals surface area (Å²) in [6.45, 7) is 3.95. The molecule has 1 atom stereocenters. The number of ether oxygens (including phenoxy) is 1. The Balaban J connectivity index is 1.78. The Morgan fingerprint density at radius 3 is 2.64 bits per heavy atom. The zero-order chi connectivity index (χ0) is 17.8. The Morgan fingerprint density at radius 2 is 2.04 bits per heavy atom. The number of thiophene rings is 1. The topological polar surface area (TPSA) is 51.2 Å². The van der Waals surface area contributed by atoms with Gasteiger partial charge in [0.2, 0.25) is 0 Å². The summed E-state index contributed by atoms with van der Waals surface area (Å²) in [7, 11) is 1.64. The quantitative estimate of drug-likeness (QED) is 0.657. The molecule has 2 heterocycles. The summed E-state index contributed by atoms with van der Waals surface area (Å²) < 4.78 is 5.19. The maximum absolute atomic E-state index is 12.8. The van der Waals surface area contributed by atoms with Crippen LogP contribution in [0.4, 0.5) is 0 Å². The van der Waals surface area contributed by atoms with Crippen LogP contribution in [0.15, 0.2) is 41.8 Å². The van der Waals surface area contributed by atoms with Crippen LogP contribution in [0.2, 0.25) is 0 Å². The van der Waals surface area contributed by atoms with Crippen molar-refractivity contribution in [2.45, 2.75) is 26.3 Å². The molecule has 3 aromatic rings. The lowest BCUT2D eigenvalue weighted by molar-refractivity contribution is 0.0939. The number of benzene rings is 1. The van der Waals surface area contributed by atoms with Gasteiger partial charge in [0.1, 0.15) is 15.6 Å². The third-order valence-corrected chi connectivity index (χ3v) is 6.16. The van der Waals surface area contributed by atoms with E-state index in [1.807, 2.05) is 48.7 Å². The first-order valence-electron chi connectivity index (χ1n) is 8.08. The zero-order valence-electron chi connectivity index (χ0n) is 14.4. The highest BCUT2D eigenvalue weighted by molar-refractivity contribution is 7.22. The number of nitrogens with one attached hydrogen (secondary N) is 1. The molecule has 0 fully saturated rings. The number of aryl methyl sites for hydroxylation is 1. The predicted molar refractivity (Wildman–Crippen MR) is 104 cm³/mol. The summed E-state index contributed by atoms with van der Waals surface area (Å²) in [6.07, 6.45) is 0.813. The fourth-order valence-corrected chi connectivity index (χ4v) is 4.36. The lowest BCUT2D eigenvalue weighted by Crippen LogP contribution is -2.28. The van der Waals surface area contributed by atoms with Crippen LogP contribution in [0.3, 0.4) is 0 Å². The summed E-state index contributed by atoms with van der Waals surface area (Å²) in [5.74, 6) is 0.740. The molecule has 1 amide bonds. The standard InChI is InChI=1S/C19H20N2O2S2/c1-4-15(13-7-9-14(23-3)10-8-13)21-18(22)17-12(2)20-19(25-17)16-6-5-11-24-16/h5-11,15H,4H2,1-3H3,(H,21,22). The number of carbonyl (C=O) groups excluding carboxylic acids is 1. The first-order chi connectivity index (χ1) is 12.1. The average Bonchev–Trinajstić information content (AvgIpc) is 3.29. The normalized spacial score (nSPS) is 12.0. The van der Waals surface area contributed by atoms with Gasteiger partial charge in [-0.3, -0.25) is 4.79 Å². The van der Waals surface area contributed by atoms with Crippen molar-refractivity contribution in [3.8, 4) is 15.6 Å². The van der Waals surface area contributed by atoms with E-state index in [2.05, 4.69) is 17.2 Å². The zero-order valence-corrected chi connectivity index (χ0v) is 16.0. The molecule has 0 saturated carbocycles. The highest BCUT2D eigenvalue weighted by Crippen LogP contribution is 2.31. The molecule has 1 aromatic carbocycles. The van der Waals surface area contributed by atoms with Crippen LogP contribution in [0.25, 0.3) is 9.88 Å². The molecule has 4 nitrogen and oxygen atoms in total. The third-order valence-electron chi connectivity index (χ3n) is 3.97. The summed E-state index contributed by atoms with van der Waals surface area (Å²) >= 11 is 3.08. The second-order valence-corrected chi connectivity index (χ2v) is 7.57. The van der Waals surface area contributed by atoms with E-state index in [4.69, 9.17) is 4.74 Å². The first kappa shape index (κ1) is 17.6. The second kappa shape index (κ2) is 7.80. The minimum atomic E-state index is -0.0690. The largest absolute Gasteiger partial charge is 0.497 e. The van der Waals surface area contributed by atoms with E-state index in [9.17, 15) is 4.79 Å². The van der Waals surface area contributed by atoms with Crippen LogP contribution in [-0.4, -0.2) is 18.0 Å². The van der Waals surface area contributed by atoms with Crippen molar-refractivity contribution in [1.29, 1.82) is 0 Å². The highest BCUT2D eigenvalue weighted by atomic mass is 32.1. The van der Waals surface area contributed by atoms with Crippen molar-refractivity contribution in [2.75, 3.05) is 7.11 Å². The Morgan fingerprint density at radius 1 is 1.28 bits per heavy atom. The number of nitrogens with zero attached hydrogens (tertiary/aromatic N) is 1. The van der Waals surface area contributed by atoms with Gasteiger partial charge in [0.05, 0.1) is 23.7 Å². The van der Waals surface area contributed by atoms with E-state index in [1.54, 1.807) is 18.4 Å². The van der Waals surface area contributed by atoms with E-state index in [0.29, 0.717) is 4.88 Å². The van der Waals surface area contributed by atoms with Crippen LogP contribution in [0, 0.1) is 6.92 Å². The van der Waals surface area contributed by atoms with Gasteiger partial charge in [-0.15, -0.1) is 22.7 Å². The Hall–Kier alpha value is -2.18. The summed E-state index contributed by atoms with van der Waals surface area (Å²) in [4.78, 5) is 19.1. The minimum Gasteiger partial charge on any atom is -0.497 e. The van der Waals surface area contributed by atoms with E-state index >= 15 is 0 Å². The van der Waals surface area contributed by atoms with Gasteiger partial charge in [0.15, 0.2) is 0 Å². The molecule has 0 saturated heterocycles. The van der Waals surface area contributed by atoms with E-state index in [-0.39, 0.29) is 11.9 Å². The minimum absolute atomic E-state index is 0.0370. The molecule has 1 N–H and O–H groups in total. The van der Waals surface area contributed by atoms with Gasteiger partial charge in [-0.2, -0.15) is 0 Å². The molecule has 6 heteroatoms. The first-order valence-corrected chi connectivity index (χ1v) is 9.78. The summed E-state index contributed by atoms with van der Waals surface area (Å²) in [6, 6.07) is 11.8. The average molecular weight is 373 g/mol. The van der Waals surface area contributed by atoms with Crippen molar-refractivity contribution >= 4 is 28.6 Å². The molecule has 3 rings (SSSR count). The van der Waals surface area contributed by atoms with Gasteiger partial charge in [-0.05, 0) is 42.5 Å². The van der Waals surface area contributed by atoms with Crippen LogP contribution in [0.1, 0.15) is 40.3 Å². The van der Waals surface area contributed by atoms with Crippen LogP contribution in [-0.2, 0) is 0 Å². The molecule has 0 aliphatic rings. The molecule has 130 valence electrons. The van der Waals surface area contributed by atoms with Gasteiger partial charge < -0.3 is 10.1 Å². The van der Waals surface area contributed by atoms with Crippen molar-refractivity contribution < 1.29 is 9.53 Å². The van der Waals surface area contributed by atoms with Crippen molar-refractivity contribution in [3.05, 3.63) is 57.9 Å². The van der Waals surface area contributed by atoms with Crippen molar-refractivity contribution in [2.24, 2.45) is 0 Å². The number of hydrogen-bond acceptors (Lipinski definition) is 5. The van der Waals surface area contributed by atoms with E-state index < -0.39 is 0 Å². The number of amides is 1. The number of thiazole rings is 1. The number of methoxy groups -OCH3 is 1. The Bertz CT molecular complexity index is 839. The number of carbonyl (C=O) groups is 1. The fourth-order valence-electron chi connectivity index (χ4n) is 2.59. The van der Waals surface area contributed by atoms with Gasteiger partial charge in [0.25, 0.3) is 5.91 Å². The SMILES string of the molecule is CCC(NC(=O)c1sc(-c2cccs2)nc1C)c1ccc(OC)cc1. The lowest BCUT2D eigenvalue weighted by Gasteiger charge is -2.17. The van der Waals surface area contributed by atoms with Crippen LogP contribution >= 0.6 is 22.7 Å².